The van der Waals surface area contributed by atoms with Crippen molar-refractivity contribution in [2.75, 3.05) is 9.80 Å². The Balaban J connectivity index is 1.28. The monoisotopic (exact) mass is 646 g/mol. The van der Waals surface area contributed by atoms with Gasteiger partial charge in [0.2, 0.25) is 0 Å². The van der Waals surface area contributed by atoms with Crippen molar-refractivity contribution in [1.29, 1.82) is 0 Å². The Bertz CT molecular complexity index is 2490. The summed E-state index contributed by atoms with van der Waals surface area (Å²) in [6, 6.07) is 60.8. The third-order valence-electron chi connectivity index (χ3n) is 10.2. The van der Waals surface area contributed by atoms with Crippen LogP contribution >= 0.6 is 0 Å². The average Bonchev–Trinajstić information content (AvgIpc) is 3.38. The molecule has 0 aromatic heterocycles. The number of para-hydroxylation sites is 2. The fourth-order valence-electron chi connectivity index (χ4n) is 7.90. The molecule has 1 aliphatic carbocycles. The van der Waals surface area contributed by atoms with Crippen LogP contribution in [0.4, 0.5) is 38.5 Å². The van der Waals surface area contributed by atoms with Crippen molar-refractivity contribution < 1.29 is 4.39 Å². The van der Waals surface area contributed by atoms with E-state index < -0.39 is 0 Å². The zero-order valence-corrected chi connectivity index (χ0v) is 28.0. The van der Waals surface area contributed by atoms with Crippen molar-refractivity contribution in [1.82, 2.24) is 0 Å². The third kappa shape index (κ3) is 4.77. The molecular weight excluding hydrogens is 612 g/mol. The summed E-state index contributed by atoms with van der Waals surface area (Å²) in [7, 11) is 0. The van der Waals surface area contributed by atoms with Crippen molar-refractivity contribution in [2.45, 2.75) is 19.3 Å². The summed E-state index contributed by atoms with van der Waals surface area (Å²) in [5, 5.41) is 4.55. The molecule has 0 aliphatic heterocycles. The number of nitrogens with zero attached hydrogens (tertiary/aromatic N) is 2. The molecular formula is C47H35FN2. The van der Waals surface area contributed by atoms with E-state index in [0.717, 1.165) is 50.3 Å². The van der Waals surface area contributed by atoms with Gasteiger partial charge in [-0.1, -0.05) is 123 Å². The maximum atomic E-state index is 15.0. The van der Waals surface area contributed by atoms with Crippen molar-refractivity contribution in [2.24, 2.45) is 0 Å². The van der Waals surface area contributed by atoms with Crippen LogP contribution < -0.4 is 9.80 Å². The van der Waals surface area contributed by atoms with Crippen molar-refractivity contribution in [3.05, 3.63) is 193 Å². The molecule has 50 heavy (non-hydrogen) atoms. The van der Waals surface area contributed by atoms with Gasteiger partial charge in [-0.3, -0.25) is 0 Å². The van der Waals surface area contributed by atoms with Gasteiger partial charge in [0.1, 0.15) is 5.82 Å². The van der Waals surface area contributed by atoms with Crippen molar-refractivity contribution in [3.63, 3.8) is 0 Å². The normalized spacial score (nSPS) is 12.9. The molecule has 9 rings (SSSR count). The highest BCUT2D eigenvalue weighted by atomic mass is 19.1. The lowest BCUT2D eigenvalue weighted by atomic mass is 9.81. The first-order valence-corrected chi connectivity index (χ1v) is 17.1. The maximum Gasteiger partial charge on any atom is 0.125 e. The molecule has 0 N–H and O–H groups in total. The molecule has 0 fully saturated rings. The molecule has 8 aromatic rings. The number of rotatable bonds is 6. The Kier molecular flexibility index (Phi) is 7.03. The highest BCUT2D eigenvalue weighted by Crippen LogP contribution is 2.56. The summed E-state index contributed by atoms with van der Waals surface area (Å²) >= 11 is 0. The number of hydrogen-bond donors (Lipinski definition) is 0. The van der Waals surface area contributed by atoms with Gasteiger partial charge in [0.05, 0.1) is 11.4 Å². The lowest BCUT2D eigenvalue weighted by Crippen LogP contribution is -2.18. The topological polar surface area (TPSA) is 6.48 Å². The minimum absolute atomic E-state index is 0.264. The Morgan fingerprint density at radius 3 is 1.72 bits per heavy atom. The lowest BCUT2D eigenvalue weighted by molar-refractivity contribution is 0.628. The summed E-state index contributed by atoms with van der Waals surface area (Å²) in [6.07, 6.45) is 0. The average molecular weight is 647 g/mol. The van der Waals surface area contributed by atoms with Crippen LogP contribution in [0, 0.1) is 5.82 Å². The van der Waals surface area contributed by atoms with Gasteiger partial charge in [-0.25, -0.2) is 4.39 Å². The van der Waals surface area contributed by atoms with Crippen LogP contribution in [0.15, 0.2) is 176 Å². The molecule has 0 atom stereocenters. The second-order valence-electron chi connectivity index (χ2n) is 13.5. The first-order chi connectivity index (χ1) is 24.5. The first-order valence-electron chi connectivity index (χ1n) is 17.1. The zero-order chi connectivity index (χ0) is 33.8. The second kappa shape index (κ2) is 11.7. The third-order valence-corrected chi connectivity index (χ3v) is 10.2. The lowest BCUT2D eigenvalue weighted by Gasteiger charge is -2.31. The predicted molar refractivity (Wildman–Crippen MR) is 208 cm³/mol. The van der Waals surface area contributed by atoms with E-state index in [9.17, 15) is 0 Å². The molecule has 3 heteroatoms. The highest BCUT2D eigenvalue weighted by molar-refractivity contribution is 6.11. The van der Waals surface area contributed by atoms with Gasteiger partial charge >= 0.3 is 0 Å². The predicted octanol–water partition coefficient (Wildman–Crippen LogP) is 13.4. The van der Waals surface area contributed by atoms with Crippen LogP contribution in [0.2, 0.25) is 0 Å². The standard InChI is InChI=1S/C47H35FN2/c1-47(2)42-30-37(49(34-18-5-3-6-19-34)35-20-7-4-8-21-35)27-28-41(42)46-40-25-12-11-24-39(40)45(31-43(46)47)50(36-22-14-17-33(48)29-36)44-26-13-16-32-15-9-10-23-38(32)44/h3-31H,1-2H3. The molecule has 0 bridgehead atoms. The SMILES string of the molecule is CC1(C)c2cc(N(c3ccccc3)c3ccccc3)ccc2-c2c1cc(N(c1cccc(F)c1)c1cccc3ccccc13)c1ccccc21. The van der Waals surface area contributed by atoms with Gasteiger partial charge in [0.15, 0.2) is 0 Å². The molecule has 0 saturated heterocycles. The van der Waals surface area contributed by atoms with Crippen molar-refractivity contribution >= 4 is 55.7 Å². The smallest absolute Gasteiger partial charge is 0.125 e. The number of benzene rings is 8. The molecule has 0 saturated carbocycles. The molecule has 0 heterocycles. The van der Waals surface area contributed by atoms with Crippen LogP contribution in [0.1, 0.15) is 25.0 Å². The van der Waals surface area contributed by atoms with Gasteiger partial charge in [-0.15, -0.1) is 0 Å². The van der Waals surface area contributed by atoms with Gasteiger partial charge < -0.3 is 9.80 Å². The van der Waals surface area contributed by atoms with E-state index in [1.54, 1.807) is 12.1 Å². The minimum Gasteiger partial charge on any atom is -0.310 e. The molecule has 240 valence electrons. The van der Waals surface area contributed by atoms with Gasteiger partial charge in [-0.05, 0) is 99.8 Å². The van der Waals surface area contributed by atoms with Gasteiger partial charge in [0, 0.05) is 38.9 Å². The summed E-state index contributed by atoms with van der Waals surface area (Å²) in [4.78, 5) is 4.57. The van der Waals surface area contributed by atoms with E-state index >= 15 is 4.39 Å². The molecule has 0 spiro atoms. The Morgan fingerprint density at radius 2 is 1.00 bits per heavy atom. The van der Waals surface area contributed by atoms with Gasteiger partial charge in [0.25, 0.3) is 0 Å². The maximum absolute atomic E-state index is 15.0. The minimum atomic E-state index is -0.315. The first kappa shape index (κ1) is 29.9. The van der Waals surface area contributed by atoms with Gasteiger partial charge in [-0.2, -0.15) is 0 Å². The Labute approximate surface area is 292 Å². The van der Waals surface area contributed by atoms with Crippen molar-refractivity contribution in [3.8, 4) is 11.1 Å². The molecule has 1 aliphatic rings. The summed E-state index contributed by atoms with van der Waals surface area (Å²) < 4.78 is 15.0. The molecule has 0 radical (unpaired) electrons. The number of anilines is 6. The quantitative estimate of drug-likeness (QED) is 0.177. The van der Waals surface area contributed by atoms with E-state index in [1.165, 1.54) is 33.7 Å². The Morgan fingerprint density at radius 1 is 0.420 bits per heavy atom. The van der Waals surface area contributed by atoms with E-state index in [1.807, 2.05) is 6.07 Å². The summed E-state index contributed by atoms with van der Waals surface area (Å²) in [5.41, 5.74) is 10.9. The molecule has 0 unspecified atom stereocenters. The second-order valence-corrected chi connectivity index (χ2v) is 13.5. The van der Waals surface area contributed by atoms with Crippen LogP contribution in [0.3, 0.4) is 0 Å². The summed E-state index contributed by atoms with van der Waals surface area (Å²) in [5.74, 6) is -0.264. The van der Waals surface area contributed by atoms with E-state index in [4.69, 9.17) is 0 Å². The fraction of sp³-hybridized carbons (Fsp3) is 0.0638. The number of halogens is 1. The van der Waals surface area contributed by atoms with E-state index in [2.05, 4.69) is 175 Å². The van der Waals surface area contributed by atoms with Crippen LogP contribution in [0.25, 0.3) is 32.7 Å². The van der Waals surface area contributed by atoms with Crippen LogP contribution in [-0.2, 0) is 5.41 Å². The summed E-state index contributed by atoms with van der Waals surface area (Å²) in [6.45, 7) is 4.67. The van der Waals surface area contributed by atoms with Crippen LogP contribution in [-0.4, -0.2) is 0 Å². The highest BCUT2D eigenvalue weighted by Gasteiger charge is 2.38. The number of hydrogen-bond acceptors (Lipinski definition) is 2. The fourth-order valence-corrected chi connectivity index (χ4v) is 7.90. The zero-order valence-electron chi connectivity index (χ0n) is 28.0. The molecule has 8 aromatic carbocycles. The Hall–Kier alpha value is -6.19. The van der Waals surface area contributed by atoms with E-state index in [-0.39, 0.29) is 11.2 Å². The molecule has 0 amide bonds. The van der Waals surface area contributed by atoms with Crippen LogP contribution in [0.5, 0.6) is 0 Å². The number of fused-ring (bicyclic) bond motifs is 6. The molecule has 2 nitrogen and oxygen atoms in total. The largest absolute Gasteiger partial charge is 0.310 e. The van der Waals surface area contributed by atoms with E-state index in [0.29, 0.717) is 0 Å².